The number of carbonyl (C=O) groups is 1. The number of nitrogens with zero attached hydrogens (tertiary/aromatic N) is 4. The molecule has 2 saturated heterocycles. The van der Waals surface area contributed by atoms with Gasteiger partial charge in [-0.1, -0.05) is 18.9 Å². The standard InChI is InChI=1S/C24H38N4O/c1-2-28(23-9-3-4-10-23)24(29)21-8-6-14-27(19-21)22-11-15-26(16-12-22)18-20-7-5-13-25-17-20/h5,7,13,17,21-23H,2-4,6,8-12,14-16,18-19H2,1H3. The number of amides is 1. The van der Waals surface area contributed by atoms with Crippen LogP contribution in [0.25, 0.3) is 0 Å². The van der Waals surface area contributed by atoms with E-state index in [1.54, 1.807) is 0 Å². The predicted molar refractivity (Wildman–Crippen MR) is 116 cm³/mol. The number of piperidine rings is 2. The third-order valence-electron chi connectivity index (χ3n) is 7.39. The molecule has 4 rings (SSSR count). The van der Waals surface area contributed by atoms with Crippen LogP contribution in [0.5, 0.6) is 0 Å². The number of likely N-dealkylation sites (tertiary alicyclic amines) is 2. The molecule has 160 valence electrons. The fraction of sp³-hybridized carbons (Fsp3) is 0.750. The maximum atomic E-state index is 13.3. The van der Waals surface area contributed by atoms with Crippen molar-refractivity contribution in [2.45, 2.75) is 76.9 Å². The molecule has 1 saturated carbocycles. The second-order valence-electron chi connectivity index (χ2n) is 9.27. The summed E-state index contributed by atoms with van der Waals surface area (Å²) in [7, 11) is 0. The largest absolute Gasteiger partial charge is 0.340 e. The summed E-state index contributed by atoms with van der Waals surface area (Å²) in [6.07, 6.45) is 13.5. The highest BCUT2D eigenvalue weighted by atomic mass is 16.2. The highest BCUT2D eigenvalue weighted by molar-refractivity contribution is 5.79. The van der Waals surface area contributed by atoms with E-state index in [0.717, 1.165) is 39.1 Å². The quantitative estimate of drug-likeness (QED) is 0.735. The third kappa shape index (κ3) is 5.18. The molecule has 3 heterocycles. The van der Waals surface area contributed by atoms with Crippen LogP contribution in [0.2, 0.25) is 0 Å². The number of hydrogen-bond donors (Lipinski definition) is 0. The van der Waals surface area contributed by atoms with Crippen LogP contribution in [0.1, 0.15) is 63.9 Å². The number of aromatic nitrogens is 1. The molecule has 3 aliphatic rings. The molecule has 1 atom stereocenters. The Morgan fingerprint density at radius 2 is 1.90 bits per heavy atom. The number of pyridine rings is 1. The zero-order chi connectivity index (χ0) is 20.1. The van der Waals surface area contributed by atoms with E-state index in [1.165, 1.54) is 57.1 Å². The Balaban J connectivity index is 1.28. The Kier molecular flexibility index (Phi) is 7.20. The zero-order valence-corrected chi connectivity index (χ0v) is 18.1. The minimum absolute atomic E-state index is 0.220. The van der Waals surface area contributed by atoms with Gasteiger partial charge in [0.05, 0.1) is 5.92 Å². The van der Waals surface area contributed by atoms with E-state index in [9.17, 15) is 4.79 Å². The summed E-state index contributed by atoms with van der Waals surface area (Å²) < 4.78 is 0. The lowest BCUT2D eigenvalue weighted by molar-refractivity contribution is -0.140. The molecule has 1 amide bonds. The summed E-state index contributed by atoms with van der Waals surface area (Å²) in [5.74, 6) is 0.663. The molecule has 0 spiro atoms. The van der Waals surface area contributed by atoms with E-state index in [4.69, 9.17) is 0 Å². The number of rotatable bonds is 6. The van der Waals surface area contributed by atoms with E-state index in [2.05, 4.69) is 32.7 Å². The lowest BCUT2D eigenvalue weighted by Gasteiger charge is -2.43. The fourth-order valence-electron chi connectivity index (χ4n) is 5.78. The van der Waals surface area contributed by atoms with Crippen molar-refractivity contribution < 1.29 is 4.79 Å². The maximum absolute atomic E-state index is 13.3. The van der Waals surface area contributed by atoms with Gasteiger partial charge in [-0.25, -0.2) is 0 Å². The molecular formula is C24H38N4O. The number of hydrogen-bond acceptors (Lipinski definition) is 4. The molecular weight excluding hydrogens is 360 g/mol. The van der Waals surface area contributed by atoms with Crippen molar-refractivity contribution in [3.05, 3.63) is 30.1 Å². The molecule has 1 aliphatic carbocycles. The van der Waals surface area contributed by atoms with Crippen molar-refractivity contribution in [2.75, 3.05) is 32.7 Å². The summed E-state index contributed by atoms with van der Waals surface area (Å²) in [5.41, 5.74) is 1.31. The van der Waals surface area contributed by atoms with Crippen molar-refractivity contribution in [2.24, 2.45) is 5.92 Å². The molecule has 0 bridgehead atoms. The second-order valence-corrected chi connectivity index (χ2v) is 9.27. The van der Waals surface area contributed by atoms with Crippen LogP contribution in [0.4, 0.5) is 0 Å². The summed E-state index contributed by atoms with van der Waals surface area (Å²) in [4.78, 5) is 25.0. The van der Waals surface area contributed by atoms with Crippen molar-refractivity contribution in [1.82, 2.24) is 19.7 Å². The first kappa shape index (κ1) is 20.8. The van der Waals surface area contributed by atoms with Crippen LogP contribution >= 0.6 is 0 Å². The summed E-state index contributed by atoms with van der Waals surface area (Å²) >= 11 is 0. The minimum Gasteiger partial charge on any atom is -0.340 e. The van der Waals surface area contributed by atoms with Gasteiger partial charge in [-0.2, -0.15) is 0 Å². The first-order valence-corrected chi connectivity index (χ1v) is 11.9. The van der Waals surface area contributed by atoms with E-state index < -0.39 is 0 Å². The van der Waals surface area contributed by atoms with Gasteiger partial charge < -0.3 is 4.90 Å². The van der Waals surface area contributed by atoms with Gasteiger partial charge in [0.1, 0.15) is 0 Å². The minimum atomic E-state index is 0.220. The van der Waals surface area contributed by atoms with Gasteiger partial charge in [-0.05, 0) is 76.7 Å². The highest BCUT2D eigenvalue weighted by Crippen LogP contribution is 2.29. The molecule has 1 unspecified atom stereocenters. The summed E-state index contributed by atoms with van der Waals surface area (Å²) in [5, 5.41) is 0. The average Bonchev–Trinajstić information content (AvgIpc) is 3.30. The molecule has 5 nitrogen and oxygen atoms in total. The molecule has 1 aromatic rings. The normalized spacial score (nSPS) is 25.3. The molecule has 0 aromatic carbocycles. The molecule has 0 radical (unpaired) electrons. The van der Waals surface area contributed by atoms with Crippen LogP contribution < -0.4 is 0 Å². The van der Waals surface area contributed by atoms with Gasteiger partial charge in [0.2, 0.25) is 5.91 Å². The average molecular weight is 399 g/mol. The van der Waals surface area contributed by atoms with Crippen LogP contribution in [0, 0.1) is 5.92 Å². The summed E-state index contributed by atoms with van der Waals surface area (Å²) in [6, 6.07) is 5.36. The monoisotopic (exact) mass is 398 g/mol. The third-order valence-corrected chi connectivity index (χ3v) is 7.39. The van der Waals surface area contributed by atoms with Crippen molar-refractivity contribution in [1.29, 1.82) is 0 Å². The van der Waals surface area contributed by atoms with Gasteiger partial charge in [0.25, 0.3) is 0 Å². The van der Waals surface area contributed by atoms with Crippen LogP contribution in [-0.2, 0) is 11.3 Å². The molecule has 5 heteroatoms. The van der Waals surface area contributed by atoms with Gasteiger partial charge >= 0.3 is 0 Å². The van der Waals surface area contributed by atoms with Gasteiger partial charge in [0, 0.05) is 44.1 Å². The lowest BCUT2D eigenvalue weighted by atomic mass is 9.92. The predicted octanol–water partition coefficient (Wildman–Crippen LogP) is 3.55. The first-order chi connectivity index (χ1) is 14.2. The molecule has 29 heavy (non-hydrogen) atoms. The topological polar surface area (TPSA) is 39.7 Å². The maximum Gasteiger partial charge on any atom is 0.227 e. The molecule has 1 aromatic heterocycles. The van der Waals surface area contributed by atoms with Gasteiger partial charge in [-0.3, -0.25) is 19.6 Å². The van der Waals surface area contributed by atoms with Crippen molar-refractivity contribution in [3.63, 3.8) is 0 Å². The Morgan fingerprint density at radius 1 is 1.10 bits per heavy atom. The van der Waals surface area contributed by atoms with Crippen LogP contribution in [-0.4, -0.2) is 70.4 Å². The Bertz CT molecular complexity index is 638. The molecule has 3 fully saturated rings. The lowest BCUT2D eigenvalue weighted by Crippen LogP contribution is -2.52. The smallest absolute Gasteiger partial charge is 0.227 e. The molecule has 0 N–H and O–H groups in total. The van der Waals surface area contributed by atoms with Crippen LogP contribution in [0.3, 0.4) is 0 Å². The van der Waals surface area contributed by atoms with Gasteiger partial charge in [0.15, 0.2) is 0 Å². The van der Waals surface area contributed by atoms with Crippen molar-refractivity contribution in [3.8, 4) is 0 Å². The van der Waals surface area contributed by atoms with E-state index in [0.29, 0.717) is 18.0 Å². The zero-order valence-electron chi connectivity index (χ0n) is 18.1. The van der Waals surface area contributed by atoms with E-state index in [-0.39, 0.29) is 5.92 Å². The fourth-order valence-corrected chi connectivity index (χ4v) is 5.78. The van der Waals surface area contributed by atoms with Gasteiger partial charge in [-0.15, -0.1) is 0 Å². The van der Waals surface area contributed by atoms with E-state index >= 15 is 0 Å². The first-order valence-electron chi connectivity index (χ1n) is 11.9. The van der Waals surface area contributed by atoms with Crippen molar-refractivity contribution >= 4 is 5.91 Å². The SMILES string of the molecule is CCN(C(=O)C1CCCN(C2CCN(Cc3cccnc3)CC2)C1)C1CCCC1. The summed E-state index contributed by atoms with van der Waals surface area (Å²) in [6.45, 7) is 8.51. The highest BCUT2D eigenvalue weighted by Gasteiger charge is 2.35. The molecule has 2 aliphatic heterocycles. The van der Waals surface area contributed by atoms with Crippen LogP contribution in [0.15, 0.2) is 24.5 Å². The Labute approximate surface area is 176 Å². The second kappa shape index (κ2) is 10.0. The Hall–Kier alpha value is -1.46. The number of carbonyl (C=O) groups excluding carboxylic acids is 1. The Morgan fingerprint density at radius 3 is 2.59 bits per heavy atom. The van der Waals surface area contributed by atoms with E-state index in [1.807, 2.05) is 18.5 Å².